The lowest BCUT2D eigenvalue weighted by Gasteiger charge is -2.29. The van der Waals surface area contributed by atoms with Crippen molar-refractivity contribution in [2.45, 2.75) is 33.6 Å². The van der Waals surface area contributed by atoms with Gasteiger partial charge in [-0.05, 0) is 18.8 Å². The first-order valence-corrected chi connectivity index (χ1v) is 6.22. The minimum atomic E-state index is -1.09. The van der Waals surface area contributed by atoms with Crippen LogP contribution in [0.4, 0.5) is 0 Å². The van der Waals surface area contributed by atoms with Gasteiger partial charge in [-0.3, -0.25) is 0 Å². The second kappa shape index (κ2) is 4.66. The first kappa shape index (κ1) is 14.1. The Morgan fingerprint density at radius 1 is 1.35 bits per heavy atom. The highest BCUT2D eigenvalue weighted by Crippen LogP contribution is 2.38. The van der Waals surface area contributed by atoms with Crippen LogP contribution in [0.25, 0.3) is 0 Å². The molecule has 0 amide bonds. The number of nitrogens with zero attached hydrogens (tertiary/aromatic N) is 2. The Labute approximate surface area is 116 Å². The van der Waals surface area contributed by atoms with Crippen LogP contribution in [0.1, 0.15) is 47.7 Å². The number of hydrogen-bond donors (Lipinski definition) is 3. The lowest BCUT2D eigenvalue weighted by molar-refractivity contribution is 0.0658. The molecule has 2 rings (SSSR count). The van der Waals surface area contributed by atoms with Gasteiger partial charge in [-0.1, -0.05) is 13.8 Å². The van der Waals surface area contributed by atoms with E-state index in [9.17, 15) is 4.79 Å². The van der Waals surface area contributed by atoms with Crippen molar-refractivity contribution >= 4 is 17.6 Å². The minimum absolute atomic E-state index is 0.0508. The van der Waals surface area contributed by atoms with Crippen LogP contribution < -0.4 is 11.5 Å². The SMILES string of the molecule is Cc1c(C(=O)O)oc2c1/C(=N\N=C(N)N)CC(C)(C)C2. The molecule has 1 aliphatic carbocycles. The number of rotatable bonds is 2. The number of carboxylic acids is 1. The number of hydrogen-bond acceptors (Lipinski definition) is 4. The van der Waals surface area contributed by atoms with Gasteiger partial charge < -0.3 is 21.0 Å². The van der Waals surface area contributed by atoms with Crippen molar-refractivity contribution in [3.8, 4) is 0 Å². The Hall–Kier alpha value is -2.31. The molecule has 0 saturated carbocycles. The molecule has 0 saturated heterocycles. The topological polar surface area (TPSA) is 127 Å². The highest BCUT2D eigenvalue weighted by molar-refractivity contribution is 6.06. The van der Waals surface area contributed by atoms with E-state index in [1.54, 1.807) is 6.92 Å². The summed E-state index contributed by atoms with van der Waals surface area (Å²) in [5, 5.41) is 16.9. The van der Waals surface area contributed by atoms with Crippen LogP contribution in [-0.4, -0.2) is 22.7 Å². The fourth-order valence-electron chi connectivity index (χ4n) is 2.52. The second-order valence-electron chi connectivity index (χ2n) is 5.75. The number of carbonyl (C=O) groups is 1. The average Bonchev–Trinajstić information content (AvgIpc) is 2.62. The van der Waals surface area contributed by atoms with E-state index in [0.717, 1.165) is 0 Å². The molecule has 0 aromatic carbocycles. The number of guanidine groups is 1. The first-order chi connectivity index (χ1) is 9.21. The van der Waals surface area contributed by atoms with E-state index >= 15 is 0 Å². The molecule has 0 bridgehead atoms. The third-order valence-corrected chi connectivity index (χ3v) is 3.27. The number of carboxylic acid groups (broad SMARTS) is 1. The lowest BCUT2D eigenvalue weighted by Crippen LogP contribution is -2.27. The Morgan fingerprint density at radius 3 is 2.55 bits per heavy atom. The van der Waals surface area contributed by atoms with E-state index in [4.69, 9.17) is 21.0 Å². The Bertz CT molecular complexity index is 622. The van der Waals surface area contributed by atoms with Crippen LogP contribution in [0.15, 0.2) is 14.6 Å². The maximum Gasteiger partial charge on any atom is 0.372 e. The normalized spacial score (nSPS) is 18.6. The zero-order valence-corrected chi connectivity index (χ0v) is 11.7. The molecule has 20 heavy (non-hydrogen) atoms. The van der Waals surface area contributed by atoms with Crippen LogP contribution in [0.3, 0.4) is 0 Å². The molecular formula is C13H18N4O3. The van der Waals surface area contributed by atoms with Gasteiger partial charge in [0.1, 0.15) is 5.76 Å². The molecule has 0 atom stereocenters. The summed E-state index contributed by atoms with van der Waals surface area (Å²) < 4.78 is 5.48. The van der Waals surface area contributed by atoms with Gasteiger partial charge in [0.15, 0.2) is 0 Å². The molecule has 7 heteroatoms. The van der Waals surface area contributed by atoms with E-state index in [2.05, 4.69) is 24.1 Å². The van der Waals surface area contributed by atoms with Crippen molar-refractivity contribution in [1.29, 1.82) is 0 Å². The molecule has 1 heterocycles. The van der Waals surface area contributed by atoms with Gasteiger partial charge in [0.25, 0.3) is 0 Å². The quantitative estimate of drug-likeness (QED) is 0.426. The molecule has 0 fully saturated rings. The zero-order chi connectivity index (χ0) is 15.1. The largest absolute Gasteiger partial charge is 0.475 e. The predicted molar refractivity (Wildman–Crippen MR) is 74.9 cm³/mol. The number of fused-ring (bicyclic) bond motifs is 1. The zero-order valence-electron chi connectivity index (χ0n) is 11.7. The molecule has 1 aliphatic rings. The van der Waals surface area contributed by atoms with E-state index in [-0.39, 0.29) is 17.1 Å². The van der Waals surface area contributed by atoms with Crippen molar-refractivity contribution in [2.75, 3.05) is 0 Å². The molecule has 0 unspecified atom stereocenters. The predicted octanol–water partition coefficient (Wildman–Crippen LogP) is 1.24. The van der Waals surface area contributed by atoms with Gasteiger partial charge >= 0.3 is 5.97 Å². The molecule has 0 aliphatic heterocycles. The summed E-state index contributed by atoms with van der Waals surface area (Å²) in [5.41, 5.74) is 12.4. The van der Waals surface area contributed by atoms with Crippen LogP contribution >= 0.6 is 0 Å². The Kier molecular flexibility index (Phi) is 3.29. The monoisotopic (exact) mass is 278 g/mol. The highest BCUT2D eigenvalue weighted by Gasteiger charge is 2.36. The molecular weight excluding hydrogens is 260 g/mol. The summed E-state index contributed by atoms with van der Waals surface area (Å²) in [4.78, 5) is 11.2. The summed E-state index contributed by atoms with van der Waals surface area (Å²) >= 11 is 0. The summed E-state index contributed by atoms with van der Waals surface area (Å²) in [6.07, 6.45) is 1.30. The molecule has 5 N–H and O–H groups in total. The fraction of sp³-hybridized carbons (Fsp3) is 0.462. The number of furan rings is 1. The van der Waals surface area contributed by atoms with Crippen LogP contribution in [0, 0.1) is 12.3 Å². The summed E-state index contributed by atoms with van der Waals surface area (Å²) in [6, 6.07) is 0. The van der Waals surface area contributed by atoms with E-state index < -0.39 is 5.97 Å². The van der Waals surface area contributed by atoms with Crippen LogP contribution in [0.5, 0.6) is 0 Å². The maximum atomic E-state index is 11.2. The van der Waals surface area contributed by atoms with Crippen LogP contribution in [-0.2, 0) is 6.42 Å². The highest BCUT2D eigenvalue weighted by atomic mass is 16.4. The van der Waals surface area contributed by atoms with E-state index in [1.807, 2.05) is 0 Å². The standard InChI is InChI=1S/C13H18N4O3/c1-6-9-7(16-17-12(14)15)4-13(2,3)5-8(9)20-10(6)11(18)19/h4-5H2,1-3H3,(H,18,19)(H4,14,15,17)/b16-7-. The van der Waals surface area contributed by atoms with Gasteiger partial charge in [-0.25, -0.2) is 4.79 Å². The third-order valence-electron chi connectivity index (χ3n) is 3.27. The lowest BCUT2D eigenvalue weighted by atomic mass is 9.75. The average molecular weight is 278 g/mol. The van der Waals surface area contributed by atoms with Gasteiger partial charge in [0, 0.05) is 17.5 Å². The fourth-order valence-corrected chi connectivity index (χ4v) is 2.52. The molecule has 0 spiro atoms. The van der Waals surface area contributed by atoms with Crippen molar-refractivity contribution < 1.29 is 14.3 Å². The third kappa shape index (κ3) is 2.52. The van der Waals surface area contributed by atoms with E-state index in [0.29, 0.717) is 35.4 Å². The van der Waals surface area contributed by atoms with Crippen LogP contribution in [0.2, 0.25) is 0 Å². The first-order valence-electron chi connectivity index (χ1n) is 6.22. The Balaban J connectivity index is 2.61. The Morgan fingerprint density at radius 2 is 2.00 bits per heavy atom. The van der Waals surface area contributed by atoms with Gasteiger partial charge in [0.2, 0.25) is 11.7 Å². The molecule has 0 radical (unpaired) electrons. The summed E-state index contributed by atoms with van der Waals surface area (Å²) in [6.45, 7) is 5.81. The van der Waals surface area contributed by atoms with Crippen molar-refractivity contribution in [3.63, 3.8) is 0 Å². The molecule has 108 valence electrons. The number of nitrogens with two attached hydrogens (primary N) is 2. The van der Waals surface area contributed by atoms with Crippen molar-refractivity contribution in [3.05, 3.63) is 22.6 Å². The van der Waals surface area contributed by atoms with E-state index in [1.165, 1.54) is 0 Å². The molecule has 7 nitrogen and oxygen atoms in total. The smallest absolute Gasteiger partial charge is 0.372 e. The van der Waals surface area contributed by atoms with Crippen molar-refractivity contribution in [2.24, 2.45) is 27.1 Å². The molecule has 1 aromatic rings. The van der Waals surface area contributed by atoms with Gasteiger partial charge in [0.05, 0.1) is 5.71 Å². The molecule has 1 aromatic heterocycles. The van der Waals surface area contributed by atoms with Gasteiger partial charge in [-0.15, -0.1) is 5.10 Å². The van der Waals surface area contributed by atoms with Gasteiger partial charge in [-0.2, -0.15) is 5.10 Å². The van der Waals surface area contributed by atoms with Crippen molar-refractivity contribution in [1.82, 2.24) is 0 Å². The number of aromatic carboxylic acids is 1. The summed E-state index contributed by atoms with van der Waals surface area (Å²) in [5.74, 6) is -0.649. The minimum Gasteiger partial charge on any atom is -0.475 e. The summed E-state index contributed by atoms with van der Waals surface area (Å²) in [7, 11) is 0. The maximum absolute atomic E-state index is 11.2. The second-order valence-corrected chi connectivity index (χ2v) is 5.75.